The fourth-order valence-corrected chi connectivity index (χ4v) is 1.63. The molecule has 2 atom stereocenters. The highest BCUT2D eigenvalue weighted by molar-refractivity contribution is 5.83. The maximum Gasteiger partial charge on any atom is 0.253 e. The topological polar surface area (TPSA) is 78.4 Å². The van der Waals surface area contributed by atoms with Crippen LogP contribution in [0.5, 0.6) is 0 Å². The first-order valence-electron chi connectivity index (χ1n) is 6.84. The summed E-state index contributed by atoms with van der Waals surface area (Å²) in [6, 6.07) is 8.82. The van der Waals surface area contributed by atoms with Crippen LogP contribution in [0.15, 0.2) is 30.3 Å². The van der Waals surface area contributed by atoms with E-state index < -0.39 is 12.0 Å². The van der Waals surface area contributed by atoms with Crippen molar-refractivity contribution < 1.29 is 14.7 Å². The first kappa shape index (κ1) is 16.2. The van der Waals surface area contributed by atoms with E-state index in [9.17, 15) is 14.7 Å². The molecule has 2 amide bonds. The van der Waals surface area contributed by atoms with Gasteiger partial charge in [0, 0.05) is 19.0 Å². The van der Waals surface area contributed by atoms with Gasteiger partial charge >= 0.3 is 0 Å². The number of aliphatic hydroxyl groups excluding tert-OH is 1. The minimum Gasteiger partial charge on any atom is -0.378 e. The Morgan fingerprint density at radius 1 is 1.25 bits per heavy atom. The zero-order valence-corrected chi connectivity index (χ0v) is 11.9. The van der Waals surface area contributed by atoms with Gasteiger partial charge in [-0.3, -0.25) is 9.59 Å². The van der Waals surface area contributed by atoms with Gasteiger partial charge in [0.05, 0.1) is 0 Å². The average molecular weight is 278 g/mol. The van der Waals surface area contributed by atoms with Gasteiger partial charge in [-0.1, -0.05) is 37.3 Å². The standard InChI is InChI=1S/C15H22N2O3/c1-3-11(2)17-13(18)9-10-16-15(20)14(19)12-7-5-4-6-8-12/h4-8,11,14,19H,3,9-10H2,1-2H3,(H,16,20)(H,17,18). The van der Waals surface area contributed by atoms with Crippen LogP contribution in [0.4, 0.5) is 0 Å². The molecule has 5 nitrogen and oxygen atoms in total. The molecule has 0 aliphatic heterocycles. The number of benzene rings is 1. The summed E-state index contributed by atoms with van der Waals surface area (Å²) in [5.74, 6) is -0.596. The summed E-state index contributed by atoms with van der Waals surface area (Å²) in [7, 11) is 0. The fraction of sp³-hybridized carbons (Fsp3) is 0.467. The van der Waals surface area contributed by atoms with E-state index in [4.69, 9.17) is 0 Å². The second-order valence-electron chi connectivity index (χ2n) is 4.73. The van der Waals surface area contributed by atoms with Gasteiger partial charge in [-0.15, -0.1) is 0 Å². The number of carbonyl (C=O) groups is 2. The lowest BCUT2D eigenvalue weighted by molar-refractivity contribution is -0.129. The van der Waals surface area contributed by atoms with E-state index in [1.54, 1.807) is 24.3 Å². The van der Waals surface area contributed by atoms with Crippen molar-refractivity contribution in [2.75, 3.05) is 6.54 Å². The van der Waals surface area contributed by atoms with Gasteiger partial charge in [-0.2, -0.15) is 0 Å². The Labute approximate surface area is 119 Å². The Morgan fingerprint density at radius 2 is 1.90 bits per heavy atom. The Morgan fingerprint density at radius 3 is 2.50 bits per heavy atom. The molecule has 0 fully saturated rings. The van der Waals surface area contributed by atoms with Crippen LogP contribution in [0.25, 0.3) is 0 Å². The van der Waals surface area contributed by atoms with Crippen molar-refractivity contribution in [3.63, 3.8) is 0 Å². The highest BCUT2D eigenvalue weighted by Gasteiger charge is 2.16. The molecule has 3 N–H and O–H groups in total. The smallest absolute Gasteiger partial charge is 0.253 e. The van der Waals surface area contributed by atoms with Crippen LogP contribution < -0.4 is 10.6 Å². The third-order valence-corrected chi connectivity index (χ3v) is 3.03. The maximum absolute atomic E-state index is 11.7. The molecule has 0 radical (unpaired) electrons. The van der Waals surface area contributed by atoms with Gasteiger partial charge in [0.25, 0.3) is 5.91 Å². The highest BCUT2D eigenvalue weighted by atomic mass is 16.3. The number of rotatable bonds is 7. The lowest BCUT2D eigenvalue weighted by Gasteiger charge is -2.13. The molecule has 0 saturated carbocycles. The van der Waals surface area contributed by atoms with Crippen LogP contribution in [0.1, 0.15) is 38.4 Å². The first-order valence-corrected chi connectivity index (χ1v) is 6.84. The van der Waals surface area contributed by atoms with Crippen molar-refractivity contribution in [2.45, 2.75) is 38.8 Å². The maximum atomic E-state index is 11.7. The third-order valence-electron chi connectivity index (χ3n) is 3.03. The highest BCUT2D eigenvalue weighted by Crippen LogP contribution is 2.11. The Hall–Kier alpha value is -1.88. The third kappa shape index (κ3) is 5.40. The van der Waals surface area contributed by atoms with Crippen molar-refractivity contribution in [2.24, 2.45) is 0 Å². The molecule has 0 aromatic heterocycles. The molecule has 0 spiro atoms. The number of hydrogen-bond donors (Lipinski definition) is 3. The summed E-state index contributed by atoms with van der Waals surface area (Å²) in [6.07, 6.45) is -0.128. The Balaban J connectivity index is 2.31. The quantitative estimate of drug-likeness (QED) is 0.700. The van der Waals surface area contributed by atoms with Crippen molar-refractivity contribution in [3.8, 4) is 0 Å². The lowest BCUT2D eigenvalue weighted by Crippen LogP contribution is -2.36. The Kier molecular flexibility index (Phi) is 6.73. The molecule has 5 heteroatoms. The minimum absolute atomic E-state index is 0.103. The summed E-state index contributed by atoms with van der Waals surface area (Å²) >= 11 is 0. The van der Waals surface area contributed by atoms with E-state index in [1.807, 2.05) is 19.9 Å². The van der Waals surface area contributed by atoms with Crippen molar-refractivity contribution in [1.82, 2.24) is 10.6 Å². The van der Waals surface area contributed by atoms with Gasteiger partial charge in [-0.25, -0.2) is 0 Å². The van der Waals surface area contributed by atoms with E-state index in [0.29, 0.717) is 5.56 Å². The zero-order valence-electron chi connectivity index (χ0n) is 11.9. The second kappa shape index (κ2) is 8.32. The Bertz CT molecular complexity index is 434. The first-order chi connectivity index (χ1) is 9.54. The monoisotopic (exact) mass is 278 g/mol. The molecule has 1 rings (SSSR count). The van der Waals surface area contributed by atoms with Crippen molar-refractivity contribution in [1.29, 1.82) is 0 Å². The van der Waals surface area contributed by atoms with E-state index in [1.165, 1.54) is 0 Å². The van der Waals surface area contributed by atoms with Crippen LogP contribution in [0.3, 0.4) is 0 Å². The molecule has 0 heterocycles. The van der Waals surface area contributed by atoms with E-state index in [-0.39, 0.29) is 24.9 Å². The van der Waals surface area contributed by atoms with Gasteiger partial charge in [0.15, 0.2) is 6.10 Å². The molecule has 1 aromatic carbocycles. The van der Waals surface area contributed by atoms with Gasteiger partial charge in [0.1, 0.15) is 0 Å². The number of amides is 2. The minimum atomic E-state index is -1.20. The van der Waals surface area contributed by atoms with Gasteiger partial charge in [0.2, 0.25) is 5.91 Å². The summed E-state index contributed by atoms with van der Waals surface area (Å²) in [5.41, 5.74) is 0.536. The SMILES string of the molecule is CCC(C)NC(=O)CCNC(=O)C(O)c1ccccc1. The van der Waals surface area contributed by atoms with Crippen molar-refractivity contribution in [3.05, 3.63) is 35.9 Å². The van der Waals surface area contributed by atoms with E-state index in [0.717, 1.165) is 6.42 Å². The lowest BCUT2D eigenvalue weighted by atomic mass is 10.1. The molecule has 20 heavy (non-hydrogen) atoms. The molecule has 0 aliphatic carbocycles. The normalized spacial score (nSPS) is 13.3. The van der Waals surface area contributed by atoms with Gasteiger partial charge < -0.3 is 15.7 Å². The van der Waals surface area contributed by atoms with Gasteiger partial charge in [-0.05, 0) is 18.9 Å². The van der Waals surface area contributed by atoms with Crippen LogP contribution in [-0.4, -0.2) is 29.5 Å². The molecule has 0 aliphatic rings. The summed E-state index contributed by atoms with van der Waals surface area (Å²) in [5, 5.41) is 15.2. The zero-order chi connectivity index (χ0) is 15.0. The second-order valence-corrected chi connectivity index (χ2v) is 4.73. The van der Waals surface area contributed by atoms with Crippen LogP contribution in [0.2, 0.25) is 0 Å². The molecule has 2 unspecified atom stereocenters. The molecule has 1 aromatic rings. The molecule has 0 saturated heterocycles. The summed E-state index contributed by atoms with van der Waals surface area (Å²) < 4.78 is 0. The van der Waals surface area contributed by atoms with E-state index in [2.05, 4.69) is 10.6 Å². The number of hydrogen-bond acceptors (Lipinski definition) is 3. The van der Waals surface area contributed by atoms with Crippen LogP contribution in [-0.2, 0) is 9.59 Å². The van der Waals surface area contributed by atoms with E-state index >= 15 is 0 Å². The van der Waals surface area contributed by atoms with Crippen LogP contribution >= 0.6 is 0 Å². The molecule has 0 bridgehead atoms. The molecular formula is C15H22N2O3. The number of nitrogens with one attached hydrogen (secondary N) is 2. The fourth-order valence-electron chi connectivity index (χ4n) is 1.63. The number of carbonyl (C=O) groups excluding carboxylic acids is 2. The summed E-state index contributed by atoms with van der Waals surface area (Å²) in [4.78, 5) is 23.2. The van der Waals surface area contributed by atoms with Crippen molar-refractivity contribution >= 4 is 11.8 Å². The predicted molar refractivity (Wildman–Crippen MR) is 76.9 cm³/mol. The van der Waals surface area contributed by atoms with Crippen LogP contribution in [0, 0.1) is 0 Å². The molecule has 110 valence electrons. The summed E-state index contributed by atoms with van der Waals surface area (Å²) in [6.45, 7) is 4.13. The molecular weight excluding hydrogens is 256 g/mol. The predicted octanol–water partition coefficient (Wildman–Crippen LogP) is 1.14. The average Bonchev–Trinajstić information content (AvgIpc) is 2.47. The number of aliphatic hydroxyl groups is 1. The largest absolute Gasteiger partial charge is 0.378 e.